The van der Waals surface area contributed by atoms with E-state index in [4.69, 9.17) is 4.74 Å². The van der Waals surface area contributed by atoms with E-state index in [-0.39, 0.29) is 16.2 Å². The number of halogens is 3. The van der Waals surface area contributed by atoms with E-state index in [0.29, 0.717) is 28.3 Å². The summed E-state index contributed by atoms with van der Waals surface area (Å²) >= 11 is 0. The van der Waals surface area contributed by atoms with Crippen LogP contribution in [0, 0.1) is 0 Å². The van der Waals surface area contributed by atoms with Crippen molar-refractivity contribution >= 4 is 39.0 Å². The molecule has 0 bridgehead atoms. The molecule has 2 N–H and O–H groups in total. The zero-order chi connectivity index (χ0) is 26.9. The third-order valence-corrected chi connectivity index (χ3v) is 7.10. The Morgan fingerprint density at radius 1 is 0.816 bits per heavy atom. The second-order valence-corrected chi connectivity index (χ2v) is 10.1. The van der Waals surface area contributed by atoms with Crippen molar-refractivity contribution in [2.24, 2.45) is 0 Å². The van der Waals surface area contributed by atoms with Crippen molar-refractivity contribution in [3.8, 4) is 11.5 Å². The molecule has 0 atom stereocenters. The summed E-state index contributed by atoms with van der Waals surface area (Å²) in [7, 11) is -4.15. The fourth-order valence-electron chi connectivity index (χ4n) is 3.84. The molecule has 4 aromatic carbocycles. The number of carbonyl (C=O) groups excluding carboxylic acids is 1. The Kier molecular flexibility index (Phi) is 6.41. The summed E-state index contributed by atoms with van der Waals surface area (Å²) in [4.78, 5) is 12.5. The second-order valence-electron chi connectivity index (χ2n) is 8.38. The molecule has 1 aliphatic heterocycles. The van der Waals surface area contributed by atoms with Gasteiger partial charge in [0, 0.05) is 22.5 Å². The summed E-state index contributed by atoms with van der Waals surface area (Å²) in [6.45, 7) is 0. The Hall–Kier alpha value is -4.57. The van der Waals surface area contributed by atoms with E-state index >= 15 is 0 Å². The van der Waals surface area contributed by atoms with Crippen LogP contribution in [0.3, 0.4) is 0 Å². The van der Waals surface area contributed by atoms with Crippen LogP contribution in [0.1, 0.15) is 16.7 Å². The van der Waals surface area contributed by atoms with Gasteiger partial charge in [-0.15, -0.1) is 0 Å². The van der Waals surface area contributed by atoms with E-state index in [9.17, 15) is 26.4 Å². The normalized spacial score (nSPS) is 14.2. The number of rotatable bonds is 6. The van der Waals surface area contributed by atoms with Crippen molar-refractivity contribution in [2.75, 3.05) is 10.0 Å². The van der Waals surface area contributed by atoms with Gasteiger partial charge in [0.1, 0.15) is 11.5 Å². The van der Waals surface area contributed by atoms with E-state index in [0.717, 1.165) is 24.3 Å². The number of ether oxygens (including phenoxy) is 1. The summed E-state index contributed by atoms with van der Waals surface area (Å²) in [5, 5.41) is 2.71. The summed E-state index contributed by atoms with van der Waals surface area (Å²) in [5.74, 6) is 0.897. The van der Waals surface area contributed by atoms with Gasteiger partial charge in [-0.25, -0.2) is 8.42 Å². The van der Waals surface area contributed by atoms with Gasteiger partial charge >= 0.3 is 6.18 Å². The number of hydrogen-bond donors (Lipinski definition) is 2. The topological polar surface area (TPSA) is 84.5 Å². The molecule has 0 aliphatic carbocycles. The van der Waals surface area contributed by atoms with Gasteiger partial charge < -0.3 is 10.1 Å². The lowest BCUT2D eigenvalue weighted by atomic mass is 10.0. The first kappa shape index (κ1) is 25.1. The van der Waals surface area contributed by atoms with Crippen LogP contribution in [0.15, 0.2) is 102 Å². The Labute approximate surface area is 216 Å². The van der Waals surface area contributed by atoms with E-state index in [1.165, 1.54) is 18.2 Å². The lowest BCUT2D eigenvalue weighted by molar-refractivity contribution is -0.137. The average molecular weight is 537 g/mol. The number of hydrogen-bond acceptors (Lipinski definition) is 4. The van der Waals surface area contributed by atoms with Crippen LogP contribution < -0.4 is 14.8 Å². The SMILES string of the molecule is O=C1Nc2ccc(S(=O)(=O)Nc3ccc(C(F)(F)F)cc3)cc2C1=Cc1ccc(Oc2ccccc2)cc1. The van der Waals surface area contributed by atoms with Crippen molar-refractivity contribution in [1.29, 1.82) is 0 Å². The van der Waals surface area contributed by atoms with Crippen LogP contribution in [0.4, 0.5) is 24.5 Å². The molecule has 0 aromatic heterocycles. The van der Waals surface area contributed by atoms with E-state index in [1.807, 2.05) is 30.3 Å². The fraction of sp³-hybridized carbons (Fsp3) is 0.0357. The van der Waals surface area contributed by atoms with Gasteiger partial charge in [0.2, 0.25) is 0 Å². The molecule has 5 rings (SSSR count). The molecular weight excluding hydrogens is 517 g/mol. The van der Waals surface area contributed by atoms with Gasteiger partial charge in [-0.2, -0.15) is 13.2 Å². The Bertz CT molecular complexity index is 1630. The van der Waals surface area contributed by atoms with Crippen molar-refractivity contribution in [3.05, 3.63) is 114 Å². The molecule has 0 fully saturated rings. The molecule has 0 saturated carbocycles. The first-order valence-corrected chi connectivity index (χ1v) is 12.8. The van der Waals surface area contributed by atoms with Gasteiger partial charge in [0.15, 0.2) is 0 Å². The van der Waals surface area contributed by atoms with Gasteiger partial charge in [-0.1, -0.05) is 30.3 Å². The van der Waals surface area contributed by atoms with Crippen molar-refractivity contribution in [3.63, 3.8) is 0 Å². The summed E-state index contributed by atoms with van der Waals surface area (Å²) in [6.07, 6.45) is -2.90. The molecule has 6 nitrogen and oxygen atoms in total. The number of anilines is 2. The van der Waals surface area contributed by atoms with Crippen LogP contribution in [-0.4, -0.2) is 14.3 Å². The number of alkyl halides is 3. The Morgan fingerprint density at radius 3 is 2.13 bits per heavy atom. The van der Waals surface area contributed by atoms with Crippen LogP contribution in [0.25, 0.3) is 11.6 Å². The zero-order valence-corrected chi connectivity index (χ0v) is 20.3. The summed E-state index contributed by atoms with van der Waals surface area (Å²) in [6, 6.07) is 24.1. The Morgan fingerprint density at radius 2 is 1.47 bits per heavy atom. The minimum Gasteiger partial charge on any atom is -0.457 e. The molecular formula is C28H19F3N2O4S. The lowest BCUT2D eigenvalue weighted by Gasteiger charge is -2.11. The standard InChI is InChI=1S/C28H19F3N2O4S/c29-28(30,31)19-8-10-20(11-9-19)33-38(35,36)23-14-15-26-24(17-23)25(27(34)32-26)16-18-6-12-22(13-7-18)37-21-4-2-1-3-5-21/h1-17,33H,(H,32,34). The monoisotopic (exact) mass is 536 g/mol. The van der Waals surface area contributed by atoms with Crippen LogP contribution >= 0.6 is 0 Å². The highest BCUT2D eigenvalue weighted by atomic mass is 32.2. The predicted molar refractivity (Wildman–Crippen MR) is 138 cm³/mol. The second kappa shape index (κ2) is 9.71. The average Bonchev–Trinajstić information content (AvgIpc) is 3.19. The molecule has 192 valence electrons. The molecule has 1 heterocycles. The first-order valence-electron chi connectivity index (χ1n) is 11.3. The number of fused-ring (bicyclic) bond motifs is 1. The highest BCUT2D eigenvalue weighted by Gasteiger charge is 2.30. The number of sulfonamides is 1. The third-order valence-electron chi connectivity index (χ3n) is 5.72. The van der Waals surface area contributed by atoms with Crippen molar-refractivity contribution < 1.29 is 31.1 Å². The van der Waals surface area contributed by atoms with Gasteiger partial charge in [-0.05, 0) is 78.4 Å². The third kappa shape index (κ3) is 5.40. The molecule has 38 heavy (non-hydrogen) atoms. The summed E-state index contributed by atoms with van der Waals surface area (Å²) < 4.78 is 72.3. The smallest absolute Gasteiger partial charge is 0.416 e. The van der Waals surface area contributed by atoms with E-state index in [1.54, 1.807) is 30.3 Å². The number of nitrogens with one attached hydrogen (secondary N) is 2. The van der Waals surface area contributed by atoms with Crippen LogP contribution in [0.2, 0.25) is 0 Å². The molecule has 0 radical (unpaired) electrons. The molecule has 1 aliphatic rings. The largest absolute Gasteiger partial charge is 0.457 e. The van der Waals surface area contributed by atoms with Crippen LogP contribution in [-0.2, 0) is 21.0 Å². The first-order chi connectivity index (χ1) is 18.1. The molecule has 1 amide bonds. The number of benzene rings is 4. The van der Waals surface area contributed by atoms with Gasteiger partial charge in [0.25, 0.3) is 15.9 Å². The van der Waals surface area contributed by atoms with E-state index in [2.05, 4.69) is 10.0 Å². The molecule has 0 unspecified atom stereocenters. The van der Waals surface area contributed by atoms with Gasteiger partial charge in [0.05, 0.1) is 10.5 Å². The minimum atomic E-state index is -4.53. The molecule has 0 spiro atoms. The lowest BCUT2D eigenvalue weighted by Crippen LogP contribution is -2.13. The maximum absolute atomic E-state index is 12.9. The maximum atomic E-state index is 12.9. The number of para-hydroxylation sites is 1. The minimum absolute atomic E-state index is 0.0266. The molecule has 10 heteroatoms. The maximum Gasteiger partial charge on any atom is 0.416 e. The van der Waals surface area contributed by atoms with Crippen molar-refractivity contribution in [1.82, 2.24) is 0 Å². The van der Waals surface area contributed by atoms with Gasteiger partial charge in [-0.3, -0.25) is 9.52 Å². The highest BCUT2D eigenvalue weighted by Crippen LogP contribution is 2.36. The van der Waals surface area contributed by atoms with Crippen molar-refractivity contribution in [2.45, 2.75) is 11.1 Å². The Balaban J connectivity index is 1.38. The van der Waals surface area contributed by atoms with E-state index < -0.39 is 27.7 Å². The van der Waals surface area contributed by atoms with Crippen LogP contribution in [0.5, 0.6) is 11.5 Å². The molecule has 4 aromatic rings. The molecule has 0 saturated heterocycles. The number of amides is 1. The predicted octanol–water partition coefficient (Wildman–Crippen LogP) is 6.79. The highest BCUT2D eigenvalue weighted by molar-refractivity contribution is 7.92. The fourth-order valence-corrected chi connectivity index (χ4v) is 4.93. The quantitative estimate of drug-likeness (QED) is 0.266. The zero-order valence-electron chi connectivity index (χ0n) is 19.5. The number of carbonyl (C=O) groups is 1. The summed E-state index contributed by atoms with van der Waals surface area (Å²) in [5.41, 5.74) is 0.870.